The maximum atomic E-state index is 12.6. The summed E-state index contributed by atoms with van der Waals surface area (Å²) in [4.78, 5) is 14.6. The summed E-state index contributed by atoms with van der Waals surface area (Å²) in [6, 6.07) is 0.193. The van der Waals surface area contributed by atoms with Crippen LogP contribution in [0.3, 0.4) is 0 Å². The summed E-state index contributed by atoms with van der Waals surface area (Å²) in [7, 11) is 0. The molecule has 1 unspecified atom stereocenters. The van der Waals surface area contributed by atoms with Crippen LogP contribution in [0.15, 0.2) is 6.20 Å². The number of hydrogen-bond donors (Lipinski definition) is 1. The Bertz CT molecular complexity index is 703. The van der Waals surface area contributed by atoms with Crippen molar-refractivity contribution >= 4 is 16.9 Å². The largest absolute Gasteiger partial charge is 0.396 e. The Hall–Kier alpha value is -1.89. The molecule has 0 aromatic carbocycles. The summed E-state index contributed by atoms with van der Waals surface area (Å²) in [5.74, 6) is 0.164. The molecule has 1 atom stereocenters. The summed E-state index contributed by atoms with van der Waals surface area (Å²) < 4.78 is 3.84. The zero-order valence-electron chi connectivity index (χ0n) is 14.6. The summed E-state index contributed by atoms with van der Waals surface area (Å²) >= 11 is 0. The minimum Gasteiger partial charge on any atom is -0.396 e. The second-order valence-electron chi connectivity index (χ2n) is 6.50. The average molecular weight is 333 g/mol. The molecule has 1 aliphatic rings. The molecular formula is C17H27N5O2. The van der Waals surface area contributed by atoms with Crippen molar-refractivity contribution in [1.29, 1.82) is 0 Å². The fraction of sp³-hybridized carbons (Fsp3) is 0.706. The van der Waals surface area contributed by atoms with E-state index in [1.54, 1.807) is 0 Å². The quantitative estimate of drug-likeness (QED) is 0.873. The van der Waals surface area contributed by atoms with Gasteiger partial charge in [0.05, 0.1) is 18.4 Å². The van der Waals surface area contributed by atoms with Crippen LogP contribution in [-0.4, -0.2) is 54.7 Å². The fourth-order valence-corrected chi connectivity index (χ4v) is 3.75. The molecular weight excluding hydrogens is 306 g/mol. The van der Waals surface area contributed by atoms with E-state index in [0.717, 1.165) is 49.1 Å². The Balaban J connectivity index is 1.69. The highest BCUT2D eigenvalue weighted by molar-refractivity contribution is 5.79. The lowest BCUT2D eigenvalue weighted by molar-refractivity contribution is -0.135. The van der Waals surface area contributed by atoms with Crippen molar-refractivity contribution in [3.63, 3.8) is 0 Å². The van der Waals surface area contributed by atoms with Gasteiger partial charge in [-0.25, -0.2) is 0 Å². The van der Waals surface area contributed by atoms with E-state index < -0.39 is 0 Å². The van der Waals surface area contributed by atoms with Gasteiger partial charge in [-0.1, -0.05) is 0 Å². The number of rotatable bonds is 6. The first-order valence-electron chi connectivity index (χ1n) is 8.95. The molecule has 2 aromatic heterocycles. The number of amides is 1. The zero-order chi connectivity index (χ0) is 17.1. The van der Waals surface area contributed by atoms with Gasteiger partial charge in [-0.05, 0) is 39.5 Å². The smallest absolute Gasteiger partial charge is 0.224 e. The SMILES string of the molecule is CCn1nc(C)c2c1cnn2CCC(=O)N1CCCCC1CCO. The lowest BCUT2D eigenvalue weighted by Gasteiger charge is -2.35. The van der Waals surface area contributed by atoms with E-state index in [1.807, 2.05) is 27.4 Å². The number of aliphatic hydroxyl groups is 1. The number of piperidine rings is 1. The minimum atomic E-state index is 0.142. The summed E-state index contributed by atoms with van der Waals surface area (Å²) in [6.45, 7) is 6.38. The van der Waals surface area contributed by atoms with Gasteiger partial charge in [-0.15, -0.1) is 0 Å². The van der Waals surface area contributed by atoms with Crippen molar-refractivity contribution in [2.75, 3.05) is 13.2 Å². The van der Waals surface area contributed by atoms with Gasteiger partial charge in [-0.3, -0.25) is 14.2 Å². The summed E-state index contributed by atoms with van der Waals surface area (Å²) in [6.07, 6.45) is 6.15. The molecule has 1 fully saturated rings. The molecule has 3 rings (SSSR count). The number of hydrogen-bond acceptors (Lipinski definition) is 4. The van der Waals surface area contributed by atoms with Crippen LogP contribution in [-0.2, 0) is 17.9 Å². The molecule has 0 radical (unpaired) electrons. The number of likely N-dealkylation sites (tertiary alicyclic amines) is 1. The number of carbonyl (C=O) groups is 1. The second-order valence-corrected chi connectivity index (χ2v) is 6.50. The molecule has 1 N–H and O–H groups in total. The predicted molar refractivity (Wildman–Crippen MR) is 91.6 cm³/mol. The molecule has 0 spiro atoms. The minimum absolute atomic E-state index is 0.142. The van der Waals surface area contributed by atoms with Crippen LogP contribution in [0.5, 0.6) is 0 Å². The normalized spacial score (nSPS) is 18.5. The van der Waals surface area contributed by atoms with E-state index in [1.165, 1.54) is 0 Å². The molecule has 7 nitrogen and oxygen atoms in total. The van der Waals surface area contributed by atoms with Crippen LogP contribution >= 0.6 is 0 Å². The van der Waals surface area contributed by atoms with Crippen molar-refractivity contribution in [3.8, 4) is 0 Å². The molecule has 24 heavy (non-hydrogen) atoms. The van der Waals surface area contributed by atoms with Gasteiger partial charge in [-0.2, -0.15) is 10.2 Å². The van der Waals surface area contributed by atoms with E-state index in [4.69, 9.17) is 0 Å². The second kappa shape index (κ2) is 7.34. The topological polar surface area (TPSA) is 76.2 Å². The monoisotopic (exact) mass is 333 g/mol. The van der Waals surface area contributed by atoms with Crippen molar-refractivity contribution in [3.05, 3.63) is 11.9 Å². The lowest BCUT2D eigenvalue weighted by atomic mass is 9.99. The molecule has 7 heteroatoms. The third-order valence-corrected chi connectivity index (χ3v) is 4.96. The maximum absolute atomic E-state index is 12.6. The van der Waals surface area contributed by atoms with Gasteiger partial charge < -0.3 is 10.0 Å². The van der Waals surface area contributed by atoms with Crippen LogP contribution in [0.1, 0.15) is 44.7 Å². The highest BCUT2D eigenvalue weighted by atomic mass is 16.3. The van der Waals surface area contributed by atoms with Gasteiger partial charge in [0.15, 0.2) is 0 Å². The summed E-state index contributed by atoms with van der Waals surface area (Å²) in [5.41, 5.74) is 3.00. The van der Waals surface area contributed by atoms with Gasteiger partial charge in [0.25, 0.3) is 0 Å². The Morgan fingerprint density at radius 1 is 1.38 bits per heavy atom. The third-order valence-electron chi connectivity index (χ3n) is 4.96. The zero-order valence-corrected chi connectivity index (χ0v) is 14.6. The van der Waals surface area contributed by atoms with Crippen LogP contribution in [0.2, 0.25) is 0 Å². The number of nitrogens with zero attached hydrogens (tertiary/aromatic N) is 5. The van der Waals surface area contributed by atoms with Crippen molar-refractivity contribution in [1.82, 2.24) is 24.5 Å². The molecule has 3 heterocycles. The van der Waals surface area contributed by atoms with Crippen molar-refractivity contribution < 1.29 is 9.90 Å². The number of fused-ring (bicyclic) bond motifs is 1. The molecule has 1 amide bonds. The molecule has 1 saturated heterocycles. The maximum Gasteiger partial charge on any atom is 0.224 e. The average Bonchev–Trinajstić information content (AvgIpc) is 3.15. The molecule has 2 aromatic rings. The fourth-order valence-electron chi connectivity index (χ4n) is 3.75. The van der Waals surface area contributed by atoms with Crippen LogP contribution in [0.4, 0.5) is 0 Å². The number of aryl methyl sites for hydroxylation is 3. The molecule has 0 saturated carbocycles. The summed E-state index contributed by atoms with van der Waals surface area (Å²) in [5, 5.41) is 18.2. The van der Waals surface area contributed by atoms with E-state index in [-0.39, 0.29) is 18.6 Å². The highest BCUT2D eigenvalue weighted by Gasteiger charge is 2.26. The first-order valence-corrected chi connectivity index (χ1v) is 8.95. The number of aliphatic hydroxyl groups excluding tert-OH is 1. The Morgan fingerprint density at radius 2 is 2.21 bits per heavy atom. The third kappa shape index (κ3) is 3.17. The molecule has 0 aliphatic carbocycles. The number of aromatic nitrogens is 4. The van der Waals surface area contributed by atoms with Gasteiger partial charge in [0.1, 0.15) is 11.0 Å². The molecule has 132 valence electrons. The highest BCUT2D eigenvalue weighted by Crippen LogP contribution is 2.22. The predicted octanol–water partition coefficient (Wildman–Crippen LogP) is 1.71. The van der Waals surface area contributed by atoms with E-state index in [2.05, 4.69) is 17.1 Å². The van der Waals surface area contributed by atoms with Gasteiger partial charge >= 0.3 is 0 Å². The first-order chi connectivity index (χ1) is 11.7. The first kappa shape index (κ1) is 17.0. The van der Waals surface area contributed by atoms with Crippen LogP contribution < -0.4 is 0 Å². The van der Waals surface area contributed by atoms with Crippen LogP contribution in [0.25, 0.3) is 11.0 Å². The standard InChI is InChI=1S/C17H27N5O2/c1-3-21-15-12-18-22(17(15)13(2)19-21)10-7-16(24)20-9-5-4-6-14(20)8-11-23/h12,14,23H,3-11H2,1-2H3. The van der Waals surface area contributed by atoms with E-state index in [0.29, 0.717) is 19.4 Å². The van der Waals surface area contributed by atoms with E-state index in [9.17, 15) is 9.90 Å². The van der Waals surface area contributed by atoms with Crippen molar-refractivity contribution in [2.45, 2.75) is 65.1 Å². The Morgan fingerprint density at radius 3 is 2.96 bits per heavy atom. The van der Waals surface area contributed by atoms with Crippen molar-refractivity contribution in [2.24, 2.45) is 0 Å². The Kier molecular flexibility index (Phi) is 5.18. The Labute approximate surface area is 142 Å². The van der Waals surface area contributed by atoms with Gasteiger partial charge in [0.2, 0.25) is 5.91 Å². The number of carbonyl (C=O) groups excluding carboxylic acids is 1. The van der Waals surface area contributed by atoms with Gasteiger partial charge in [0, 0.05) is 32.2 Å². The lowest BCUT2D eigenvalue weighted by Crippen LogP contribution is -2.44. The van der Waals surface area contributed by atoms with E-state index >= 15 is 0 Å². The molecule has 1 aliphatic heterocycles. The molecule has 0 bridgehead atoms. The van der Waals surface area contributed by atoms with Crippen LogP contribution in [0, 0.1) is 6.92 Å².